The van der Waals surface area contributed by atoms with E-state index in [-0.39, 0.29) is 29.7 Å². The van der Waals surface area contributed by atoms with Gasteiger partial charge in [0.1, 0.15) is 5.82 Å². The summed E-state index contributed by atoms with van der Waals surface area (Å²) in [6, 6.07) is 0.219. The van der Waals surface area contributed by atoms with Gasteiger partial charge < -0.3 is 10.6 Å². The first-order chi connectivity index (χ1) is 13.0. The van der Waals surface area contributed by atoms with Crippen molar-refractivity contribution in [3.05, 3.63) is 18.2 Å². The average molecular weight is 373 g/mol. The first kappa shape index (κ1) is 19.8. The third-order valence-corrected chi connectivity index (χ3v) is 5.87. The molecule has 27 heavy (non-hydrogen) atoms. The molecule has 1 aromatic rings. The van der Waals surface area contributed by atoms with Gasteiger partial charge in [-0.1, -0.05) is 26.7 Å². The number of carbonyl (C=O) groups is 2. The van der Waals surface area contributed by atoms with Crippen LogP contribution in [0.15, 0.2) is 12.4 Å². The average Bonchev–Trinajstić information content (AvgIpc) is 3.15. The van der Waals surface area contributed by atoms with Crippen molar-refractivity contribution < 1.29 is 9.59 Å². The minimum absolute atomic E-state index is 0.00207. The molecule has 0 spiro atoms. The van der Waals surface area contributed by atoms with E-state index in [4.69, 9.17) is 0 Å². The Kier molecular flexibility index (Phi) is 6.80. The Balaban J connectivity index is 1.40. The number of hydrogen-bond acceptors (Lipinski definition) is 4. The SMILES string of the molecule is CC(C)c1ncc(NC(=O)C2CCC(NC(=O)CC3CCCC3)CC2)cn1. The molecule has 2 amide bonds. The Labute approximate surface area is 161 Å². The van der Waals surface area contributed by atoms with E-state index in [1.165, 1.54) is 25.7 Å². The fourth-order valence-electron chi connectivity index (χ4n) is 4.21. The van der Waals surface area contributed by atoms with Crippen molar-refractivity contribution >= 4 is 17.5 Å². The second-order valence-corrected chi connectivity index (χ2v) is 8.44. The van der Waals surface area contributed by atoms with E-state index < -0.39 is 0 Å². The lowest BCUT2D eigenvalue weighted by atomic mass is 9.85. The standard InChI is InChI=1S/C21H32N4O2/c1-14(2)20-22-12-18(13-23-20)25-21(27)16-7-9-17(10-8-16)24-19(26)11-15-5-3-4-6-15/h12-17H,3-11H2,1-2H3,(H,24,26)(H,25,27). The lowest BCUT2D eigenvalue weighted by molar-refractivity contribution is -0.123. The molecule has 3 rings (SSSR count). The molecule has 0 aliphatic heterocycles. The minimum atomic E-state index is -0.00207. The molecule has 2 saturated carbocycles. The molecular weight excluding hydrogens is 340 g/mol. The fourth-order valence-corrected chi connectivity index (χ4v) is 4.21. The summed E-state index contributed by atoms with van der Waals surface area (Å²) < 4.78 is 0. The minimum Gasteiger partial charge on any atom is -0.353 e. The van der Waals surface area contributed by atoms with Crippen molar-refractivity contribution in [2.24, 2.45) is 11.8 Å². The second-order valence-electron chi connectivity index (χ2n) is 8.44. The van der Waals surface area contributed by atoms with Crippen molar-refractivity contribution in [3.8, 4) is 0 Å². The highest BCUT2D eigenvalue weighted by Crippen LogP contribution is 2.29. The fraction of sp³-hybridized carbons (Fsp3) is 0.714. The Morgan fingerprint density at radius 3 is 2.26 bits per heavy atom. The molecule has 6 heteroatoms. The van der Waals surface area contributed by atoms with E-state index in [1.54, 1.807) is 12.4 Å². The summed E-state index contributed by atoms with van der Waals surface area (Å²) in [6.45, 7) is 4.08. The summed E-state index contributed by atoms with van der Waals surface area (Å²) in [5, 5.41) is 6.11. The largest absolute Gasteiger partial charge is 0.353 e. The van der Waals surface area contributed by atoms with Gasteiger partial charge in [-0.05, 0) is 44.4 Å². The number of aromatic nitrogens is 2. The number of rotatable bonds is 6. The molecule has 0 atom stereocenters. The van der Waals surface area contributed by atoms with E-state index in [2.05, 4.69) is 20.6 Å². The first-order valence-electron chi connectivity index (χ1n) is 10.4. The Morgan fingerprint density at radius 2 is 1.67 bits per heavy atom. The summed E-state index contributed by atoms with van der Waals surface area (Å²) >= 11 is 0. The van der Waals surface area contributed by atoms with Crippen LogP contribution in [0.2, 0.25) is 0 Å². The van der Waals surface area contributed by atoms with Gasteiger partial charge in [0.05, 0.1) is 18.1 Å². The van der Waals surface area contributed by atoms with Gasteiger partial charge in [-0.2, -0.15) is 0 Å². The van der Waals surface area contributed by atoms with Gasteiger partial charge in [0.15, 0.2) is 0 Å². The number of carbonyl (C=O) groups excluding carboxylic acids is 2. The Bertz CT molecular complexity index is 630. The topological polar surface area (TPSA) is 84.0 Å². The molecule has 2 aliphatic carbocycles. The van der Waals surface area contributed by atoms with E-state index >= 15 is 0 Å². The van der Waals surface area contributed by atoms with Gasteiger partial charge in [0.2, 0.25) is 11.8 Å². The molecule has 0 bridgehead atoms. The van der Waals surface area contributed by atoms with Gasteiger partial charge in [-0.25, -0.2) is 9.97 Å². The lowest BCUT2D eigenvalue weighted by Gasteiger charge is -2.28. The van der Waals surface area contributed by atoms with Gasteiger partial charge in [0, 0.05) is 24.3 Å². The molecule has 148 valence electrons. The van der Waals surface area contributed by atoms with E-state index in [0.717, 1.165) is 31.5 Å². The van der Waals surface area contributed by atoms with Crippen LogP contribution in [0, 0.1) is 11.8 Å². The van der Waals surface area contributed by atoms with E-state index in [9.17, 15) is 9.59 Å². The van der Waals surface area contributed by atoms with Gasteiger partial charge in [-0.3, -0.25) is 9.59 Å². The van der Waals surface area contributed by atoms with Gasteiger partial charge >= 0.3 is 0 Å². The summed E-state index contributed by atoms with van der Waals surface area (Å²) in [5.74, 6) is 1.86. The summed E-state index contributed by atoms with van der Waals surface area (Å²) in [7, 11) is 0. The molecule has 2 aliphatic rings. The smallest absolute Gasteiger partial charge is 0.227 e. The van der Waals surface area contributed by atoms with Crippen molar-refractivity contribution in [1.29, 1.82) is 0 Å². The van der Waals surface area contributed by atoms with Gasteiger partial charge in [-0.15, -0.1) is 0 Å². The molecule has 1 heterocycles. The Morgan fingerprint density at radius 1 is 1.04 bits per heavy atom. The molecule has 0 aromatic carbocycles. The monoisotopic (exact) mass is 372 g/mol. The predicted molar refractivity (Wildman–Crippen MR) is 105 cm³/mol. The zero-order valence-electron chi connectivity index (χ0n) is 16.5. The third-order valence-electron chi connectivity index (χ3n) is 5.87. The molecule has 2 N–H and O–H groups in total. The molecule has 0 saturated heterocycles. The highest BCUT2D eigenvalue weighted by molar-refractivity contribution is 5.92. The molecule has 6 nitrogen and oxygen atoms in total. The highest BCUT2D eigenvalue weighted by atomic mass is 16.2. The number of hydrogen-bond donors (Lipinski definition) is 2. The molecular formula is C21H32N4O2. The molecule has 0 unspecified atom stereocenters. The maximum absolute atomic E-state index is 12.5. The normalized spacial score (nSPS) is 23.4. The van der Waals surface area contributed by atoms with Crippen LogP contribution in [0.25, 0.3) is 0 Å². The number of nitrogens with zero attached hydrogens (tertiary/aromatic N) is 2. The van der Waals surface area contributed by atoms with Crippen LogP contribution < -0.4 is 10.6 Å². The van der Waals surface area contributed by atoms with E-state index in [1.807, 2.05) is 13.8 Å². The number of anilines is 1. The predicted octanol–water partition coefficient (Wildman–Crippen LogP) is 3.79. The van der Waals surface area contributed by atoms with Crippen LogP contribution in [0.1, 0.15) is 83.4 Å². The summed E-state index contributed by atoms with van der Waals surface area (Å²) in [4.78, 5) is 33.3. The zero-order chi connectivity index (χ0) is 19.2. The van der Waals surface area contributed by atoms with Crippen molar-refractivity contribution in [3.63, 3.8) is 0 Å². The molecule has 0 radical (unpaired) electrons. The number of nitrogens with one attached hydrogen (secondary N) is 2. The molecule has 2 fully saturated rings. The van der Waals surface area contributed by atoms with Crippen LogP contribution in [0.4, 0.5) is 5.69 Å². The maximum Gasteiger partial charge on any atom is 0.227 e. The van der Waals surface area contributed by atoms with Crippen LogP contribution in [0.3, 0.4) is 0 Å². The van der Waals surface area contributed by atoms with Crippen LogP contribution in [-0.4, -0.2) is 27.8 Å². The Hall–Kier alpha value is -1.98. The second kappa shape index (κ2) is 9.29. The maximum atomic E-state index is 12.5. The van der Waals surface area contributed by atoms with Crippen LogP contribution >= 0.6 is 0 Å². The van der Waals surface area contributed by atoms with Crippen molar-refractivity contribution in [1.82, 2.24) is 15.3 Å². The van der Waals surface area contributed by atoms with Crippen LogP contribution in [-0.2, 0) is 9.59 Å². The lowest BCUT2D eigenvalue weighted by Crippen LogP contribution is -2.40. The van der Waals surface area contributed by atoms with Crippen molar-refractivity contribution in [2.45, 2.75) is 83.6 Å². The first-order valence-corrected chi connectivity index (χ1v) is 10.4. The summed E-state index contributed by atoms with van der Waals surface area (Å²) in [5.41, 5.74) is 0.649. The highest BCUT2D eigenvalue weighted by Gasteiger charge is 2.28. The van der Waals surface area contributed by atoms with Crippen molar-refractivity contribution in [2.75, 3.05) is 5.32 Å². The zero-order valence-corrected chi connectivity index (χ0v) is 16.5. The number of amides is 2. The van der Waals surface area contributed by atoms with Gasteiger partial charge in [0.25, 0.3) is 0 Å². The summed E-state index contributed by atoms with van der Waals surface area (Å²) in [6.07, 6.45) is 12.3. The van der Waals surface area contributed by atoms with E-state index in [0.29, 0.717) is 18.0 Å². The molecule has 1 aromatic heterocycles. The van der Waals surface area contributed by atoms with Crippen LogP contribution in [0.5, 0.6) is 0 Å². The third kappa shape index (κ3) is 5.75. The quantitative estimate of drug-likeness (QED) is 0.796.